The Morgan fingerprint density at radius 2 is 1.79 bits per heavy atom. The molecule has 0 radical (unpaired) electrons. The van der Waals surface area contributed by atoms with Crippen molar-refractivity contribution < 1.29 is 14.1 Å². The fourth-order valence-corrected chi connectivity index (χ4v) is 4.31. The molecule has 5 rings (SSSR count). The van der Waals surface area contributed by atoms with Crippen molar-refractivity contribution in [2.24, 2.45) is 0 Å². The lowest BCUT2D eigenvalue weighted by atomic mass is 10.00. The van der Waals surface area contributed by atoms with Gasteiger partial charge < -0.3 is 15.2 Å². The number of fused-ring (bicyclic) bond motifs is 1. The van der Waals surface area contributed by atoms with E-state index in [9.17, 15) is 9.59 Å². The first-order chi connectivity index (χ1) is 18.4. The summed E-state index contributed by atoms with van der Waals surface area (Å²) in [5.41, 5.74) is 6.86. The molecule has 0 aliphatic carbocycles. The standard InChI is InChI=1S/C30H25N5O3/c1-18-12-19(2)29-24(13-18)25(15-27(34-29)26-6-4-5-11-31-26)30(37)33-22-9-7-21(8-10-22)28(17-36)32-16-23-14-20(3)35-38-23/h4-15,32H,16H2,1-3H3,(H,33,37). The Morgan fingerprint density at radius 3 is 2.47 bits per heavy atom. The molecule has 3 aromatic heterocycles. The zero-order chi connectivity index (χ0) is 26.6. The van der Waals surface area contributed by atoms with Crippen LogP contribution in [0.3, 0.4) is 0 Å². The predicted molar refractivity (Wildman–Crippen MR) is 146 cm³/mol. The van der Waals surface area contributed by atoms with Gasteiger partial charge in [-0.1, -0.05) is 35.0 Å². The SMILES string of the molecule is Cc1cc(C)c2nc(-c3ccccn3)cc(C(=O)Nc3ccc(C(=C=O)NCc4cc(C)no4)cc3)c2c1. The highest BCUT2D eigenvalue weighted by Crippen LogP contribution is 2.28. The van der Waals surface area contributed by atoms with Gasteiger partial charge in [0.25, 0.3) is 5.91 Å². The van der Waals surface area contributed by atoms with E-state index in [1.165, 1.54) is 0 Å². The molecule has 2 aromatic carbocycles. The van der Waals surface area contributed by atoms with E-state index in [-0.39, 0.29) is 11.6 Å². The van der Waals surface area contributed by atoms with Gasteiger partial charge in [0.15, 0.2) is 11.7 Å². The van der Waals surface area contributed by atoms with Crippen LogP contribution >= 0.6 is 0 Å². The van der Waals surface area contributed by atoms with Crippen molar-refractivity contribution in [1.29, 1.82) is 0 Å². The largest absolute Gasteiger partial charge is 0.368 e. The zero-order valence-electron chi connectivity index (χ0n) is 21.2. The van der Waals surface area contributed by atoms with Crippen molar-refractivity contribution in [1.82, 2.24) is 20.4 Å². The van der Waals surface area contributed by atoms with Crippen molar-refractivity contribution in [3.8, 4) is 11.4 Å². The van der Waals surface area contributed by atoms with Gasteiger partial charge in [-0.2, -0.15) is 0 Å². The summed E-state index contributed by atoms with van der Waals surface area (Å²) in [5, 5.41) is 10.6. The summed E-state index contributed by atoms with van der Waals surface area (Å²) in [6, 6.07) is 20.1. The highest BCUT2D eigenvalue weighted by molar-refractivity contribution is 6.13. The number of nitrogens with one attached hydrogen (secondary N) is 2. The zero-order valence-corrected chi connectivity index (χ0v) is 21.2. The van der Waals surface area contributed by atoms with Crippen LogP contribution in [0, 0.1) is 20.8 Å². The fraction of sp³-hybridized carbons (Fsp3) is 0.133. The van der Waals surface area contributed by atoms with Gasteiger partial charge in [-0.3, -0.25) is 9.78 Å². The van der Waals surface area contributed by atoms with Gasteiger partial charge in [0, 0.05) is 28.9 Å². The molecule has 188 valence electrons. The Hall–Kier alpha value is -5.07. The summed E-state index contributed by atoms with van der Waals surface area (Å²) < 4.78 is 5.17. The number of hydrogen-bond acceptors (Lipinski definition) is 7. The summed E-state index contributed by atoms with van der Waals surface area (Å²) in [7, 11) is 0. The molecule has 0 atom stereocenters. The van der Waals surface area contributed by atoms with Crippen LogP contribution in [0.25, 0.3) is 28.0 Å². The number of hydrogen-bond donors (Lipinski definition) is 2. The molecule has 0 unspecified atom stereocenters. The van der Waals surface area contributed by atoms with Crippen LogP contribution in [0.4, 0.5) is 5.69 Å². The van der Waals surface area contributed by atoms with Crippen LogP contribution in [0.2, 0.25) is 0 Å². The summed E-state index contributed by atoms with van der Waals surface area (Å²) in [6.45, 7) is 6.11. The smallest absolute Gasteiger partial charge is 0.256 e. The van der Waals surface area contributed by atoms with Crippen molar-refractivity contribution in [3.05, 3.63) is 107 Å². The van der Waals surface area contributed by atoms with E-state index in [1.54, 1.807) is 42.6 Å². The third kappa shape index (κ3) is 5.21. The maximum Gasteiger partial charge on any atom is 0.256 e. The monoisotopic (exact) mass is 503 g/mol. The Kier molecular flexibility index (Phi) is 6.80. The van der Waals surface area contributed by atoms with Crippen LogP contribution in [0.15, 0.2) is 77.4 Å². The number of carbonyl (C=O) groups excluding carboxylic acids is 2. The lowest BCUT2D eigenvalue weighted by Gasteiger charge is -2.13. The fourth-order valence-electron chi connectivity index (χ4n) is 4.31. The number of aromatic nitrogens is 3. The Labute approximate surface area is 219 Å². The third-order valence-corrected chi connectivity index (χ3v) is 6.07. The molecule has 8 nitrogen and oxygen atoms in total. The summed E-state index contributed by atoms with van der Waals surface area (Å²) in [5.74, 6) is 2.27. The highest BCUT2D eigenvalue weighted by Gasteiger charge is 2.17. The maximum absolute atomic E-state index is 13.5. The van der Waals surface area contributed by atoms with E-state index in [0.717, 1.165) is 27.7 Å². The summed E-state index contributed by atoms with van der Waals surface area (Å²) in [4.78, 5) is 34.3. The molecule has 0 aliphatic rings. The first-order valence-corrected chi connectivity index (χ1v) is 12.1. The minimum atomic E-state index is -0.266. The Morgan fingerprint density at radius 1 is 0.974 bits per heavy atom. The second-order valence-electron chi connectivity index (χ2n) is 9.04. The molecule has 0 aliphatic heterocycles. The normalized spacial score (nSPS) is 10.7. The second-order valence-corrected chi connectivity index (χ2v) is 9.04. The molecule has 2 N–H and O–H groups in total. The molecule has 3 heterocycles. The average molecular weight is 504 g/mol. The first-order valence-electron chi connectivity index (χ1n) is 12.1. The summed E-state index contributed by atoms with van der Waals surface area (Å²) in [6.07, 6.45) is 1.70. The van der Waals surface area contributed by atoms with E-state index in [1.807, 2.05) is 57.0 Å². The molecule has 0 spiro atoms. The molecule has 38 heavy (non-hydrogen) atoms. The highest BCUT2D eigenvalue weighted by atomic mass is 16.5. The molecule has 8 heteroatoms. The molecule has 1 amide bonds. The number of amides is 1. The number of pyridine rings is 2. The van der Waals surface area contributed by atoms with Crippen molar-refractivity contribution in [2.45, 2.75) is 27.3 Å². The minimum absolute atomic E-state index is 0.266. The predicted octanol–water partition coefficient (Wildman–Crippen LogP) is 5.42. The lowest BCUT2D eigenvalue weighted by molar-refractivity contribution is 0.102. The number of benzene rings is 2. The number of nitrogens with zero attached hydrogens (tertiary/aromatic N) is 3. The quantitative estimate of drug-likeness (QED) is 0.285. The number of rotatable bonds is 7. The van der Waals surface area contributed by atoms with Crippen LogP contribution in [0.5, 0.6) is 0 Å². The van der Waals surface area contributed by atoms with Gasteiger partial charge in [0.2, 0.25) is 0 Å². The molecule has 0 saturated heterocycles. The van der Waals surface area contributed by atoms with E-state index in [2.05, 4.69) is 20.8 Å². The molecular weight excluding hydrogens is 478 g/mol. The van der Waals surface area contributed by atoms with Crippen LogP contribution in [-0.4, -0.2) is 27.0 Å². The lowest BCUT2D eigenvalue weighted by Crippen LogP contribution is -2.14. The average Bonchev–Trinajstić information content (AvgIpc) is 3.34. The van der Waals surface area contributed by atoms with Gasteiger partial charge in [-0.15, -0.1) is 0 Å². The molecular formula is C30H25N5O3. The Bertz CT molecular complexity index is 1690. The van der Waals surface area contributed by atoms with Crippen LogP contribution in [0.1, 0.15) is 38.5 Å². The first kappa shape index (κ1) is 24.6. The van der Waals surface area contributed by atoms with Crippen molar-refractivity contribution in [3.63, 3.8) is 0 Å². The summed E-state index contributed by atoms with van der Waals surface area (Å²) >= 11 is 0. The Balaban J connectivity index is 1.41. The number of aryl methyl sites for hydroxylation is 3. The van der Waals surface area contributed by atoms with Crippen molar-refractivity contribution in [2.75, 3.05) is 5.32 Å². The van der Waals surface area contributed by atoms with Gasteiger partial charge in [-0.25, -0.2) is 9.78 Å². The van der Waals surface area contributed by atoms with Gasteiger partial charge in [-0.05, 0) is 62.7 Å². The van der Waals surface area contributed by atoms with Crippen molar-refractivity contribution >= 4 is 34.1 Å². The van der Waals surface area contributed by atoms with Crippen LogP contribution < -0.4 is 10.6 Å². The van der Waals surface area contributed by atoms with E-state index in [4.69, 9.17) is 9.51 Å². The molecule has 0 saturated carbocycles. The molecule has 0 fully saturated rings. The van der Waals surface area contributed by atoms with E-state index in [0.29, 0.717) is 40.5 Å². The molecule has 5 aromatic rings. The molecule has 0 bridgehead atoms. The van der Waals surface area contributed by atoms with E-state index >= 15 is 0 Å². The van der Waals surface area contributed by atoms with Gasteiger partial charge in [0.05, 0.1) is 34.7 Å². The number of carbonyl (C=O) groups is 1. The van der Waals surface area contributed by atoms with Gasteiger partial charge in [0.1, 0.15) is 5.70 Å². The van der Waals surface area contributed by atoms with Crippen LogP contribution in [-0.2, 0) is 11.3 Å². The van der Waals surface area contributed by atoms with E-state index < -0.39 is 0 Å². The minimum Gasteiger partial charge on any atom is -0.368 e. The topological polar surface area (TPSA) is 110 Å². The van der Waals surface area contributed by atoms with Gasteiger partial charge >= 0.3 is 0 Å². The second kappa shape index (κ2) is 10.5. The third-order valence-electron chi connectivity index (χ3n) is 6.07. The maximum atomic E-state index is 13.5. The number of anilines is 1.